The minimum Gasteiger partial charge on any atom is -0.325 e. The maximum absolute atomic E-state index is 12.8. The Morgan fingerprint density at radius 3 is 2.86 bits per heavy atom. The van der Waals surface area contributed by atoms with Gasteiger partial charge in [-0.25, -0.2) is 8.78 Å². The smallest absolute Gasteiger partial charge is 0.310 e. The third-order valence-electron chi connectivity index (χ3n) is 1.63. The second-order valence-electron chi connectivity index (χ2n) is 2.73. The van der Waals surface area contributed by atoms with E-state index in [9.17, 15) is 18.9 Å². The molecule has 0 aliphatic carbocycles. The van der Waals surface area contributed by atoms with Gasteiger partial charge in [-0.1, -0.05) is 0 Å². The minimum absolute atomic E-state index is 0.217. The van der Waals surface area contributed by atoms with Gasteiger partial charge in [-0.15, -0.1) is 0 Å². The van der Waals surface area contributed by atoms with Gasteiger partial charge in [-0.05, 0) is 0 Å². The van der Waals surface area contributed by atoms with Crippen LogP contribution in [0.1, 0.15) is 5.69 Å². The fourth-order valence-electron chi connectivity index (χ4n) is 0.925. The fourth-order valence-corrected chi connectivity index (χ4v) is 0.925. The first-order valence-electron chi connectivity index (χ1n) is 3.71. The van der Waals surface area contributed by atoms with Crippen molar-refractivity contribution in [3.05, 3.63) is 22.0 Å². The Labute approximate surface area is 77.2 Å². The predicted octanol–water partition coefficient (Wildman–Crippen LogP) is 0.454. The Morgan fingerprint density at radius 1 is 1.71 bits per heavy atom. The van der Waals surface area contributed by atoms with Gasteiger partial charge < -0.3 is 5.73 Å². The lowest BCUT2D eigenvalue weighted by Crippen LogP contribution is -2.30. The summed E-state index contributed by atoms with van der Waals surface area (Å²) in [6, 6.07) is 0. The zero-order chi connectivity index (χ0) is 10.8. The number of aromatic nitrogens is 2. The second-order valence-corrected chi connectivity index (χ2v) is 2.73. The summed E-state index contributed by atoms with van der Waals surface area (Å²) in [6.45, 7) is -0.858. The molecule has 0 unspecified atom stereocenters. The van der Waals surface area contributed by atoms with Crippen LogP contribution in [0.4, 0.5) is 14.5 Å². The molecule has 0 radical (unpaired) electrons. The van der Waals surface area contributed by atoms with Gasteiger partial charge in [0.1, 0.15) is 11.9 Å². The van der Waals surface area contributed by atoms with Gasteiger partial charge in [-0.2, -0.15) is 5.10 Å². The van der Waals surface area contributed by atoms with Crippen molar-refractivity contribution in [2.24, 2.45) is 5.73 Å². The van der Waals surface area contributed by atoms with Crippen LogP contribution < -0.4 is 5.73 Å². The highest BCUT2D eigenvalue weighted by Gasteiger charge is 2.31. The molecular weight excluding hydrogens is 198 g/mol. The number of rotatable bonds is 4. The number of nitrogens with two attached hydrogens (primary N) is 1. The van der Waals surface area contributed by atoms with Crippen LogP contribution in [0, 0.1) is 10.1 Å². The standard InChI is InChI=1S/C6H8F2N4O2/c7-6(8,3-9)1-4-5(12(13)14)2-10-11-4/h2H,1,3,9H2,(H,10,11). The van der Waals surface area contributed by atoms with Gasteiger partial charge in [-0.3, -0.25) is 15.2 Å². The van der Waals surface area contributed by atoms with Crippen LogP contribution in [0.25, 0.3) is 0 Å². The Morgan fingerprint density at radius 2 is 2.36 bits per heavy atom. The lowest BCUT2D eigenvalue weighted by Gasteiger charge is -2.11. The lowest BCUT2D eigenvalue weighted by atomic mass is 10.2. The number of nitrogens with one attached hydrogen (secondary N) is 1. The Kier molecular flexibility index (Phi) is 2.75. The van der Waals surface area contributed by atoms with E-state index in [0.29, 0.717) is 0 Å². The topological polar surface area (TPSA) is 97.8 Å². The number of hydrogen-bond donors (Lipinski definition) is 2. The van der Waals surface area contributed by atoms with Crippen LogP contribution in [-0.2, 0) is 6.42 Å². The van der Waals surface area contributed by atoms with Crippen molar-refractivity contribution in [3.8, 4) is 0 Å². The summed E-state index contributed by atoms with van der Waals surface area (Å²) >= 11 is 0. The van der Waals surface area contributed by atoms with Gasteiger partial charge in [0.05, 0.1) is 17.9 Å². The van der Waals surface area contributed by atoms with E-state index >= 15 is 0 Å². The molecule has 1 aromatic heterocycles. The van der Waals surface area contributed by atoms with Crippen LogP contribution in [-0.4, -0.2) is 27.6 Å². The van der Waals surface area contributed by atoms with E-state index in [1.54, 1.807) is 0 Å². The van der Waals surface area contributed by atoms with Gasteiger partial charge in [0, 0.05) is 0 Å². The molecule has 0 bridgehead atoms. The maximum atomic E-state index is 12.8. The summed E-state index contributed by atoms with van der Waals surface area (Å²) in [5.74, 6) is -3.16. The van der Waals surface area contributed by atoms with Crippen molar-refractivity contribution < 1.29 is 13.7 Å². The summed E-state index contributed by atoms with van der Waals surface area (Å²) < 4.78 is 25.5. The molecule has 8 heteroatoms. The van der Waals surface area contributed by atoms with Crippen molar-refractivity contribution in [2.75, 3.05) is 6.54 Å². The van der Waals surface area contributed by atoms with Crippen LogP contribution in [0.15, 0.2) is 6.20 Å². The molecule has 3 N–H and O–H groups in total. The van der Waals surface area contributed by atoms with Crippen molar-refractivity contribution in [2.45, 2.75) is 12.3 Å². The summed E-state index contributed by atoms with van der Waals surface area (Å²) in [6.07, 6.45) is 0.0851. The highest BCUT2D eigenvalue weighted by Crippen LogP contribution is 2.23. The maximum Gasteiger partial charge on any atom is 0.310 e. The average molecular weight is 206 g/mol. The minimum atomic E-state index is -3.16. The molecule has 1 rings (SSSR count). The summed E-state index contributed by atoms with van der Waals surface area (Å²) in [4.78, 5) is 9.55. The van der Waals surface area contributed by atoms with Gasteiger partial charge in [0.25, 0.3) is 5.92 Å². The van der Waals surface area contributed by atoms with Crippen molar-refractivity contribution in [1.82, 2.24) is 10.2 Å². The molecule has 0 saturated carbocycles. The molecule has 0 aliphatic heterocycles. The highest BCUT2D eigenvalue weighted by atomic mass is 19.3. The van der Waals surface area contributed by atoms with E-state index < -0.39 is 29.5 Å². The van der Waals surface area contributed by atoms with Crippen LogP contribution in [0.5, 0.6) is 0 Å². The molecule has 0 saturated heterocycles. The molecule has 14 heavy (non-hydrogen) atoms. The Bertz CT molecular complexity index is 338. The molecule has 0 aliphatic rings. The molecule has 1 heterocycles. The van der Waals surface area contributed by atoms with E-state index in [2.05, 4.69) is 10.2 Å². The Hall–Kier alpha value is -1.57. The number of aromatic amines is 1. The van der Waals surface area contributed by atoms with E-state index in [1.807, 2.05) is 0 Å². The summed E-state index contributed by atoms with van der Waals surface area (Å²) in [5, 5.41) is 15.8. The molecule has 6 nitrogen and oxygen atoms in total. The molecule has 0 fully saturated rings. The SMILES string of the molecule is NCC(F)(F)Cc1[nH]ncc1[N+](=O)[O-]. The third kappa shape index (κ3) is 2.22. The van der Waals surface area contributed by atoms with E-state index in [1.165, 1.54) is 0 Å². The summed E-state index contributed by atoms with van der Waals surface area (Å²) in [7, 11) is 0. The third-order valence-corrected chi connectivity index (χ3v) is 1.63. The van der Waals surface area contributed by atoms with Crippen LogP contribution in [0.3, 0.4) is 0 Å². The molecule has 78 valence electrons. The molecular formula is C6H8F2N4O2. The van der Waals surface area contributed by atoms with Gasteiger partial charge in [0.15, 0.2) is 0 Å². The number of nitro groups is 1. The highest BCUT2D eigenvalue weighted by molar-refractivity contribution is 5.32. The van der Waals surface area contributed by atoms with Crippen molar-refractivity contribution >= 4 is 5.69 Å². The van der Waals surface area contributed by atoms with Gasteiger partial charge >= 0.3 is 5.69 Å². The van der Waals surface area contributed by atoms with E-state index in [-0.39, 0.29) is 5.69 Å². The quantitative estimate of drug-likeness (QED) is 0.552. The molecule has 0 aromatic carbocycles. The fraction of sp³-hybridized carbons (Fsp3) is 0.500. The number of alkyl halides is 2. The lowest BCUT2D eigenvalue weighted by molar-refractivity contribution is -0.385. The number of nitrogens with zero attached hydrogens (tertiary/aromatic N) is 2. The first-order valence-corrected chi connectivity index (χ1v) is 3.71. The second kappa shape index (κ2) is 3.66. The zero-order valence-corrected chi connectivity index (χ0v) is 7.04. The van der Waals surface area contributed by atoms with E-state index in [0.717, 1.165) is 6.20 Å². The normalized spacial score (nSPS) is 11.6. The van der Waals surface area contributed by atoms with Crippen molar-refractivity contribution in [3.63, 3.8) is 0 Å². The monoisotopic (exact) mass is 206 g/mol. The average Bonchev–Trinajstić information content (AvgIpc) is 2.51. The van der Waals surface area contributed by atoms with Gasteiger partial charge in [0.2, 0.25) is 0 Å². The summed E-state index contributed by atoms with van der Waals surface area (Å²) in [5.41, 5.74) is 4.13. The number of H-pyrrole nitrogens is 1. The Balaban J connectivity index is 2.86. The molecule has 0 amide bonds. The molecule has 1 aromatic rings. The zero-order valence-electron chi connectivity index (χ0n) is 7.04. The first-order chi connectivity index (χ1) is 6.46. The van der Waals surface area contributed by atoms with Crippen LogP contribution in [0.2, 0.25) is 0 Å². The number of hydrogen-bond acceptors (Lipinski definition) is 4. The largest absolute Gasteiger partial charge is 0.325 e. The van der Waals surface area contributed by atoms with Crippen molar-refractivity contribution in [1.29, 1.82) is 0 Å². The predicted molar refractivity (Wildman–Crippen MR) is 42.9 cm³/mol. The number of halogens is 2. The molecule has 0 atom stereocenters. The molecule has 0 spiro atoms. The van der Waals surface area contributed by atoms with Crippen LogP contribution >= 0.6 is 0 Å². The first kappa shape index (κ1) is 10.5. The van der Waals surface area contributed by atoms with E-state index in [4.69, 9.17) is 5.73 Å².